The molecule has 3 amide bonds. The summed E-state index contributed by atoms with van der Waals surface area (Å²) < 4.78 is 5.29. The molecule has 0 spiro atoms. The first-order chi connectivity index (χ1) is 14.4. The lowest BCUT2D eigenvalue weighted by Crippen LogP contribution is -2.43. The van der Waals surface area contributed by atoms with Gasteiger partial charge in [-0.3, -0.25) is 29.4 Å². The van der Waals surface area contributed by atoms with E-state index >= 15 is 0 Å². The van der Waals surface area contributed by atoms with Gasteiger partial charge in [-0.2, -0.15) is 0 Å². The molecule has 2 heterocycles. The largest absolute Gasteiger partial charge is 0.482 e. The molecule has 1 saturated heterocycles. The smallest absolute Gasteiger partial charge is 0.271 e. The van der Waals surface area contributed by atoms with Crippen molar-refractivity contribution in [2.75, 3.05) is 34.8 Å². The molecular weight excluding hydrogens is 392 g/mol. The molecule has 10 nitrogen and oxygen atoms in total. The van der Waals surface area contributed by atoms with Gasteiger partial charge < -0.3 is 15.0 Å². The number of nitro groups is 1. The summed E-state index contributed by atoms with van der Waals surface area (Å²) in [5, 5.41) is 13.7. The first-order valence-corrected chi connectivity index (χ1v) is 9.34. The zero-order valence-electron chi connectivity index (χ0n) is 15.9. The number of nitrogens with one attached hydrogen (secondary N) is 1. The fourth-order valence-corrected chi connectivity index (χ4v) is 3.47. The molecule has 2 aromatic carbocycles. The lowest BCUT2D eigenvalue weighted by molar-refractivity contribution is -0.384. The second-order valence-corrected chi connectivity index (χ2v) is 6.92. The van der Waals surface area contributed by atoms with Gasteiger partial charge in [-0.1, -0.05) is 0 Å². The van der Waals surface area contributed by atoms with Crippen molar-refractivity contribution >= 4 is 40.5 Å². The number of anilines is 3. The SMILES string of the molecule is O=C(CN1C(=O)COc2ccc([N+](=O)[O-])cc21)Nc1ccc(N2CCCC2=O)cc1. The minimum Gasteiger partial charge on any atom is -0.482 e. The van der Waals surface area contributed by atoms with Crippen LogP contribution >= 0.6 is 0 Å². The van der Waals surface area contributed by atoms with Crippen LogP contribution in [-0.2, 0) is 14.4 Å². The molecule has 30 heavy (non-hydrogen) atoms. The molecule has 4 rings (SSSR count). The molecule has 10 heteroatoms. The summed E-state index contributed by atoms with van der Waals surface area (Å²) >= 11 is 0. The van der Waals surface area contributed by atoms with E-state index in [0.717, 1.165) is 12.1 Å². The van der Waals surface area contributed by atoms with Gasteiger partial charge in [0.1, 0.15) is 12.3 Å². The molecule has 0 unspecified atom stereocenters. The number of nitro benzene ring substituents is 1. The minimum atomic E-state index is -0.579. The molecular formula is C20H18N4O6. The Morgan fingerprint density at radius 1 is 1.13 bits per heavy atom. The molecule has 2 aliphatic heterocycles. The lowest BCUT2D eigenvalue weighted by atomic mass is 10.2. The van der Waals surface area contributed by atoms with Gasteiger partial charge in [0.2, 0.25) is 11.8 Å². The first-order valence-electron chi connectivity index (χ1n) is 9.34. The quantitative estimate of drug-likeness (QED) is 0.595. The van der Waals surface area contributed by atoms with Crippen LogP contribution in [-0.4, -0.2) is 42.3 Å². The molecule has 0 bridgehead atoms. The highest BCUT2D eigenvalue weighted by molar-refractivity contribution is 6.05. The number of amides is 3. The summed E-state index contributed by atoms with van der Waals surface area (Å²) in [6.07, 6.45) is 1.36. The Hall–Kier alpha value is -3.95. The Kier molecular flexibility index (Phi) is 5.05. The minimum absolute atomic E-state index is 0.0744. The Balaban J connectivity index is 1.46. The van der Waals surface area contributed by atoms with Gasteiger partial charge in [-0.05, 0) is 36.8 Å². The van der Waals surface area contributed by atoms with Gasteiger partial charge in [0.05, 0.1) is 10.6 Å². The average Bonchev–Trinajstić information content (AvgIpc) is 3.16. The number of non-ortho nitro benzene ring substituents is 1. The van der Waals surface area contributed by atoms with Gasteiger partial charge in [-0.15, -0.1) is 0 Å². The zero-order chi connectivity index (χ0) is 21.3. The topological polar surface area (TPSA) is 122 Å². The molecule has 1 fully saturated rings. The summed E-state index contributed by atoms with van der Waals surface area (Å²) in [5.74, 6) is -0.563. The van der Waals surface area contributed by atoms with E-state index in [2.05, 4.69) is 5.32 Å². The maximum atomic E-state index is 12.5. The molecule has 2 aromatic rings. The number of carbonyl (C=O) groups excluding carboxylic acids is 3. The maximum Gasteiger partial charge on any atom is 0.271 e. The maximum absolute atomic E-state index is 12.5. The Morgan fingerprint density at radius 3 is 2.57 bits per heavy atom. The van der Waals surface area contributed by atoms with Gasteiger partial charge in [0, 0.05) is 36.5 Å². The van der Waals surface area contributed by atoms with Crippen molar-refractivity contribution in [3.63, 3.8) is 0 Å². The van der Waals surface area contributed by atoms with Crippen molar-refractivity contribution in [3.05, 3.63) is 52.6 Å². The Labute approximate surface area is 171 Å². The van der Waals surface area contributed by atoms with E-state index in [1.165, 1.54) is 23.1 Å². The summed E-state index contributed by atoms with van der Waals surface area (Å²) in [5.41, 5.74) is 1.25. The van der Waals surface area contributed by atoms with Gasteiger partial charge >= 0.3 is 0 Å². The van der Waals surface area contributed by atoms with Crippen LogP contribution in [0.4, 0.5) is 22.7 Å². The van der Waals surface area contributed by atoms with E-state index in [0.29, 0.717) is 24.4 Å². The van der Waals surface area contributed by atoms with Crippen LogP contribution in [0.15, 0.2) is 42.5 Å². The highest BCUT2D eigenvalue weighted by Gasteiger charge is 2.29. The number of hydrogen-bond donors (Lipinski definition) is 1. The monoisotopic (exact) mass is 410 g/mol. The third-order valence-corrected chi connectivity index (χ3v) is 4.93. The van der Waals surface area contributed by atoms with Crippen LogP contribution in [0.5, 0.6) is 5.75 Å². The zero-order valence-corrected chi connectivity index (χ0v) is 15.9. The van der Waals surface area contributed by atoms with E-state index < -0.39 is 16.7 Å². The number of ether oxygens (including phenoxy) is 1. The Bertz CT molecular complexity index is 1040. The van der Waals surface area contributed by atoms with Crippen molar-refractivity contribution < 1.29 is 24.0 Å². The number of hydrogen-bond acceptors (Lipinski definition) is 6. The van der Waals surface area contributed by atoms with E-state index in [4.69, 9.17) is 4.74 Å². The van der Waals surface area contributed by atoms with Gasteiger partial charge in [0.15, 0.2) is 6.61 Å². The highest BCUT2D eigenvalue weighted by Crippen LogP contribution is 2.35. The number of carbonyl (C=O) groups is 3. The first kappa shape index (κ1) is 19.4. The number of fused-ring (bicyclic) bond motifs is 1. The van der Waals surface area contributed by atoms with Crippen LogP contribution in [0.1, 0.15) is 12.8 Å². The molecule has 1 N–H and O–H groups in total. The second-order valence-electron chi connectivity index (χ2n) is 6.92. The third kappa shape index (κ3) is 3.79. The van der Waals surface area contributed by atoms with Crippen molar-refractivity contribution in [2.45, 2.75) is 12.8 Å². The van der Waals surface area contributed by atoms with E-state index in [-0.39, 0.29) is 30.4 Å². The van der Waals surface area contributed by atoms with Crippen molar-refractivity contribution in [1.82, 2.24) is 0 Å². The fourth-order valence-electron chi connectivity index (χ4n) is 3.47. The van der Waals surface area contributed by atoms with E-state index in [1.54, 1.807) is 29.2 Å². The molecule has 0 radical (unpaired) electrons. The summed E-state index contributed by atoms with van der Waals surface area (Å²) in [6, 6.07) is 10.7. The van der Waals surface area contributed by atoms with Crippen LogP contribution < -0.4 is 19.9 Å². The molecule has 0 aliphatic carbocycles. The average molecular weight is 410 g/mol. The molecule has 0 atom stereocenters. The highest BCUT2D eigenvalue weighted by atomic mass is 16.6. The number of nitrogens with zero attached hydrogens (tertiary/aromatic N) is 3. The van der Waals surface area contributed by atoms with Crippen LogP contribution in [0.25, 0.3) is 0 Å². The Morgan fingerprint density at radius 2 is 1.90 bits per heavy atom. The van der Waals surface area contributed by atoms with E-state index in [9.17, 15) is 24.5 Å². The normalized spacial score (nSPS) is 15.6. The molecule has 0 saturated carbocycles. The van der Waals surface area contributed by atoms with E-state index in [1.807, 2.05) is 0 Å². The third-order valence-electron chi connectivity index (χ3n) is 4.93. The van der Waals surface area contributed by atoms with Crippen molar-refractivity contribution in [1.29, 1.82) is 0 Å². The number of benzene rings is 2. The van der Waals surface area contributed by atoms with Crippen LogP contribution in [0.2, 0.25) is 0 Å². The second kappa shape index (κ2) is 7.82. The molecule has 154 valence electrons. The summed E-state index contributed by atoms with van der Waals surface area (Å²) in [7, 11) is 0. The van der Waals surface area contributed by atoms with Gasteiger partial charge in [0.25, 0.3) is 11.6 Å². The predicted molar refractivity (Wildman–Crippen MR) is 108 cm³/mol. The lowest BCUT2D eigenvalue weighted by Gasteiger charge is -2.28. The van der Waals surface area contributed by atoms with Crippen LogP contribution in [0.3, 0.4) is 0 Å². The number of rotatable bonds is 5. The van der Waals surface area contributed by atoms with Gasteiger partial charge in [-0.25, -0.2) is 0 Å². The predicted octanol–water partition coefficient (Wildman–Crippen LogP) is 2.09. The van der Waals surface area contributed by atoms with Crippen molar-refractivity contribution in [3.8, 4) is 5.75 Å². The van der Waals surface area contributed by atoms with Crippen LogP contribution in [0, 0.1) is 10.1 Å². The fraction of sp³-hybridized carbons (Fsp3) is 0.250. The van der Waals surface area contributed by atoms with Crippen molar-refractivity contribution in [2.24, 2.45) is 0 Å². The molecule has 2 aliphatic rings. The summed E-state index contributed by atoms with van der Waals surface area (Å²) in [4.78, 5) is 49.9. The molecule has 0 aromatic heterocycles. The summed E-state index contributed by atoms with van der Waals surface area (Å²) in [6.45, 7) is 0.106. The standard InChI is InChI=1S/C20H18N4O6/c25-18(21-13-3-5-14(6-4-13)22-9-1-2-19(22)26)11-23-16-10-15(24(28)29)7-8-17(16)30-12-20(23)27/h3-8,10H,1-2,9,11-12H2,(H,21,25).